The quantitative estimate of drug-likeness (QED) is 0.820. The SMILES string of the molecule is CN1CC2(CC2)Sc2csc(C(=O)O)c21. The summed E-state index contributed by atoms with van der Waals surface area (Å²) in [5, 5.41) is 11.1. The van der Waals surface area contributed by atoms with Crippen LogP contribution >= 0.6 is 23.1 Å². The van der Waals surface area contributed by atoms with Gasteiger partial charge >= 0.3 is 5.97 Å². The van der Waals surface area contributed by atoms with Gasteiger partial charge in [-0.05, 0) is 12.8 Å². The van der Waals surface area contributed by atoms with Crippen molar-refractivity contribution in [3.63, 3.8) is 0 Å². The van der Waals surface area contributed by atoms with Gasteiger partial charge in [-0.3, -0.25) is 0 Å². The van der Waals surface area contributed by atoms with Crippen LogP contribution in [0, 0.1) is 0 Å². The van der Waals surface area contributed by atoms with E-state index >= 15 is 0 Å². The molecule has 0 amide bonds. The molecule has 1 saturated carbocycles. The van der Waals surface area contributed by atoms with Gasteiger partial charge in [0.15, 0.2) is 0 Å². The first-order valence-electron chi connectivity index (χ1n) is 4.86. The first-order valence-corrected chi connectivity index (χ1v) is 6.56. The number of carboxylic acid groups (broad SMARTS) is 1. The molecule has 3 rings (SSSR count). The summed E-state index contributed by atoms with van der Waals surface area (Å²) in [5.41, 5.74) is 0.926. The van der Waals surface area contributed by atoms with Crippen LogP contribution < -0.4 is 4.90 Å². The van der Waals surface area contributed by atoms with E-state index < -0.39 is 5.97 Å². The largest absolute Gasteiger partial charge is 0.477 e. The Labute approximate surface area is 96.1 Å². The van der Waals surface area contributed by atoms with Crippen LogP contribution in [0.4, 0.5) is 5.69 Å². The van der Waals surface area contributed by atoms with Crippen molar-refractivity contribution in [2.24, 2.45) is 0 Å². The van der Waals surface area contributed by atoms with Crippen molar-refractivity contribution < 1.29 is 9.90 Å². The number of carboxylic acids is 1. The van der Waals surface area contributed by atoms with Crippen molar-refractivity contribution in [3.8, 4) is 0 Å². The lowest BCUT2D eigenvalue weighted by Gasteiger charge is -2.31. The van der Waals surface area contributed by atoms with Gasteiger partial charge in [0.05, 0.1) is 5.69 Å². The highest BCUT2D eigenvalue weighted by Gasteiger charge is 2.48. The summed E-state index contributed by atoms with van der Waals surface area (Å²) in [7, 11) is 2.00. The first-order chi connectivity index (χ1) is 7.11. The number of thiophene rings is 1. The molecule has 3 nitrogen and oxygen atoms in total. The van der Waals surface area contributed by atoms with E-state index in [-0.39, 0.29) is 0 Å². The van der Waals surface area contributed by atoms with Gasteiger partial charge in [-0.1, -0.05) is 0 Å². The monoisotopic (exact) mass is 241 g/mol. The van der Waals surface area contributed by atoms with Gasteiger partial charge < -0.3 is 10.0 Å². The first kappa shape index (κ1) is 9.54. The molecule has 1 aromatic rings. The van der Waals surface area contributed by atoms with Crippen molar-refractivity contribution in [3.05, 3.63) is 10.3 Å². The second-order valence-corrected chi connectivity index (χ2v) is 6.61. The molecule has 0 atom stereocenters. The van der Waals surface area contributed by atoms with Gasteiger partial charge in [0.1, 0.15) is 4.88 Å². The molecule has 15 heavy (non-hydrogen) atoms. The number of rotatable bonds is 1. The maximum absolute atomic E-state index is 11.0. The standard InChI is InChI=1S/C10H11NO2S2/c1-11-5-10(2-3-10)15-6-4-14-8(7(6)11)9(12)13/h4H,2-3,5H2,1H3,(H,12,13). The fourth-order valence-corrected chi connectivity index (χ4v) is 4.70. The smallest absolute Gasteiger partial charge is 0.348 e. The lowest BCUT2D eigenvalue weighted by atomic mass is 10.3. The topological polar surface area (TPSA) is 40.5 Å². The predicted octanol–water partition coefficient (Wildman–Crippen LogP) is 2.52. The number of thioether (sulfide) groups is 1. The van der Waals surface area contributed by atoms with E-state index in [2.05, 4.69) is 4.90 Å². The average molecular weight is 241 g/mol. The Morgan fingerprint density at radius 3 is 2.93 bits per heavy atom. The van der Waals surface area contributed by atoms with E-state index in [1.165, 1.54) is 24.2 Å². The van der Waals surface area contributed by atoms with Crippen molar-refractivity contribution in [1.29, 1.82) is 0 Å². The van der Waals surface area contributed by atoms with E-state index in [9.17, 15) is 4.79 Å². The predicted molar refractivity (Wildman–Crippen MR) is 62.4 cm³/mol. The Kier molecular flexibility index (Phi) is 1.86. The highest BCUT2D eigenvalue weighted by atomic mass is 32.2. The maximum atomic E-state index is 11.0. The summed E-state index contributed by atoms with van der Waals surface area (Å²) in [6, 6.07) is 0. The molecule has 2 aliphatic rings. The van der Waals surface area contributed by atoms with Crippen molar-refractivity contribution in [2.75, 3.05) is 18.5 Å². The molecule has 2 heterocycles. The van der Waals surface area contributed by atoms with Gasteiger partial charge in [0, 0.05) is 28.6 Å². The minimum absolute atomic E-state index is 0.401. The molecule has 1 fully saturated rings. The van der Waals surface area contributed by atoms with E-state index in [0.717, 1.165) is 17.1 Å². The lowest BCUT2D eigenvalue weighted by Crippen LogP contribution is -2.32. The summed E-state index contributed by atoms with van der Waals surface area (Å²) < 4.78 is 0.401. The van der Waals surface area contributed by atoms with Crippen molar-refractivity contribution in [2.45, 2.75) is 22.5 Å². The summed E-state index contributed by atoms with van der Waals surface area (Å²) in [5.74, 6) is -0.805. The highest BCUT2D eigenvalue weighted by molar-refractivity contribution is 8.01. The second-order valence-electron chi connectivity index (χ2n) is 4.22. The number of carbonyl (C=O) groups is 1. The van der Waals surface area contributed by atoms with E-state index in [4.69, 9.17) is 5.11 Å². The molecule has 5 heteroatoms. The number of hydrogen-bond donors (Lipinski definition) is 1. The van der Waals surface area contributed by atoms with Crippen LogP contribution in [-0.2, 0) is 0 Å². The van der Waals surface area contributed by atoms with E-state index in [1.807, 2.05) is 24.2 Å². The Morgan fingerprint density at radius 1 is 1.60 bits per heavy atom. The average Bonchev–Trinajstić information content (AvgIpc) is 2.76. The normalized spacial score (nSPS) is 21.5. The molecule has 1 aromatic heterocycles. The number of aromatic carboxylic acids is 1. The molecule has 1 N–H and O–H groups in total. The number of anilines is 1. The van der Waals surface area contributed by atoms with Crippen LogP contribution in [0.2, 0.25) is 0 Å². The fraction of sp³-hybridized carbons (Fsp3) is 0.500. The molecule has 1 aliphatic carbocycles. The van der Waals surface area contributed by atoms with Gasteiger partial charge in [-0.2, -0.15) is 0 Å². The Hall–Kier alpha value is -0.680. The Morgan fingerprint density at radius 2 is 2.33 bits per heavy atom. The third kappa shape index (κ3) is 1.37. The van der Waals surface area contributed by atoms with E-state index in [1.54, 1.807) is 0 Å². The van der Waals surface area contributed by atoms with Crippen LogP contribution in [0.25, 0.3) is 0 Å². The fourth-order valence-electron chi connectivity index (χ4n) is 2.10. The molecule has 0 unspecified atom stereocenters. The minimum atomic E-state index is -0.805. The molecule has 0 bridgehead atoms. The number of nitrogens with zero attached hydrogens (tertiary/aromatic N) is 1. The lowest BCUT2D eigenvalue weighted by molar-refractivity contribution is 0.0702. The third-order valence-electron chi connectivity index (χ3n) is 2.97. The Balaban J connectivity index is 2.06. The van der Waals surface area contributed by atoms with Crippen LogP contribution in [0.3, 0.4) is 0 Å². The number of hydrogen-bond acceptors (Lipinski definition) is 4. The van der Waals surface area contributed by atoms with Gasteiger partial charge in [0.2, 0.25) is 0 Å². The zero-order valence-electron chi connectivity index (χ0n) is 8.32. The van der Waals surface area contributed by atoms with Gasteiger partial charge in [-0.15, -0.1) is 23.1 Å². The maximum Gasteiger partial charge on any atom is 0.348 e. The van der Waals surface area contributed by atoms with Crippen molar-refractivity contribution in [1.82, 2.24) is 0 Å². The van der Waals surface area contributed by atoms with Crippen LogP contribution in [0.5, 0.6) is 0 Å². The van der Waals surface area contributed by atoms with E-state index in [0.29, 0.717) is 9.62 Å². The van der Waals surface area contributed by atoms with Gasteiger partial charge in [0.25, 0.3) is 0 Å². The van der Waals surface area contributed by atoms with Crippen LogP contribution in [0.15, 0.2) is 10.3 Å². The highest BCUT2D eigenvalue weighted by Crippen LogP contribution is 2.58. The Bertz CT molecular complexity index is 437. The molecule has 0 aromatic carbocycles. The summed E-state index contributed by atoms with van der Waals surface area (Å²) in [6.45, 7) is 0.988. The molecule has 1 aliphatic heterocycles. The minimum Gasteiger partial charge on any atom is -0.477 e. The van der Waals surface area contributed by atoms with Crippen LogP contribution in [-0.4, -0.2) is 29.4 Å². The van der Waals surface area contributed by atoms with Crippen molar-refractivity contribution >= 4 is 34.8 Å². The second kappa shape index (κ2) is 2.92. The molecule has 80 valence electrons. The molecular formula is C10H11NO2S2. The molecule has 0 saturated heterocycles. The summed E-state index contributed by atoms with van der Waals surface area (Å²) >= 11 is 3.22. The molecule has 0 radical (unpaired) electrons. The van der Waals surface area contributed by atoms with Gasteiger partial charge in [-0.25, -0.2) is 4.79 Å². The summed E-state index contributed by atoms with van der Waals surface area (Å²) in [6.07, 6.45) is 2.53. The zero-order valence-corrected chi connectivity index (χ0v) is 9.95. The molecule has 1 spiro atoms. The van der Waals surface area contributed by atoms with Crippen LogP contribution in [0.1, 0.15) is 22.5 Å². The zero-order chi connectivity index (χ0) is 10.6. The third-order valence-corrected chi connectivity index (χ3v) is 5.58. The summed E-state index contributed by atoms with van der Waals surface area (Å²) in [4.78, 5) is 14.8. The number of fused-ring (bicyclic) bond motifs is 1. The molecular weight excluding hydrogens is 230 g/mol.